The molecule has 12 heteroatoms. The van der Waals surface area contributed by atoms with Crippen LogP contribution < -0.4 is 21.3 Å². The van der Waals surface area contributed by atoms with Crippen LogP contribution >= 0.6 is 0 Å². The zero-order valence-electron chi connectivity index (χ0n) is 32.0. The first-order valence-electron chi connectivity index (χ1n) is 18.1. The first-order valence-corrected chi connectivity index (χ1v) is 18.1. The topological polar surface area (TPSA) is 155 Å². The third kappa shape index (κ3) is 7.18. The molecule has 0 saturated carbocycles. The second kappa shape index (κ2) is 13.3. The van der Waals surface area contributed by atoms with Crippen molar-refractivity contribution in [2.45, 2.75) is 79.3 Å². The second-order valence-electron chi connectivity index (χ2n) is 15.9. The molecule has 2 aromatic carbocycles. The molecule has 5 N–H and O–H groups in total. The second-order valence-corrected chi connectivity index (χ2v) is 15.9. The van der Waals surface area contributed by atoms with Crippen molar-refractivity contribution < 1.29 is 9.59 Å². The van der Waals surface area contributed by atoms with Gasteiger partial charge in [-0.05, 0) is 79.7 Å². The number of aromatic amines is 1. The lowest BCUT2D eigenvalue weighted by Gasteiger charge is -2.22. The van der Waals surface area contributed by atoms with E-state index in [2.05, 4.69) is 72.4 Å². The van der Waals surface area contributed by atoms with Gasteiger partial charge in [-0.25, -0.2) is 19.9 Å². The Morgan fingerprint density at radius 2 is 1.19 bits per heavy atom. The Balaban J connectivity index is 0.000000164. The number of hydrogen-bond acceptors (Lipinski definition) is 8. The van der Waals surface area contributed by atoms with E-state index in [9.17, 15) is 9.59 Å². The number of anilines is 2. The van der Waals surface area contributed by atoms with E-state index in [0.29, 0.717) is 13.1 Å². The normalized spacial score (nSPS) is 14.2. The Kier molecular flexibility index (Phi) is 8.95. The number of hydrogen-bond donors (Lipinski definition) is 5. The van der Waals surface area contributed by atoms with E-state index < -0.39 is 0 Å². The summed E-state index contributed by atoms with van der Waals surface area (Å²) in [5.74, 6) is 1.55. The number of H-pyrrole nitrogens is 1. The number of amides is 2. The molecule has 12 nitrogen and oxygen atoms in total. The van der Waals surface area contributed by atoms with Crippen LogP contribution in [0.2, 0.25) is 0 Å². The van der Waals surface area contributed by atoms with Gasteiger partial charge in [0.25, 0.3) is 11.8 Å². The molecule has 6 heterocycles. The van der Waals surface area contributed by atoms with Crippen LogP contribution in [0.3, 0.4) is 0 Å². The van der Waals surface area contributed by atoms with Crippen molar-refractivity contribution >= 4 is 45.5 Å². The van der Waals surface area contributed by atoms with Gasteiger partial charge in [0.15, 0.2) is 0 Å². The Labute approximate surface area is 309 Å². The summed E-state index contributed by atoms with van der Waals surface area (Å²) in [5.41, 5.74) is 12.2. The van der Waals surface area contributed by atoms with E-state index >= 15 is 0 Å². The van der Waals surface area contributed by atoms with E-state index in [1.807, 2.05) is 69.4 Å². The van der Waals surface area contributed by atoms with Gasteiger partial charge in [0, 0.05) is 72.3 Å². The van der Waals surface area contributed by atoms with Crippen molar-refractivity contribution in [3.05, 3.63) is 82.4 Å². The zero-order chi connectivity index (χ0) is 37.8. The molecule has 8 rings (SSSR count). The maximum Gasteiger partial charge on any atom is 0.253 e. The molecule has 0 bridgehead atoms. The lowest BCUT2D eigenvalue weighted by atomic mass is 10.1. The molecule has 274 valence electrons. The Morgan fingerprint density at radius 1 is 0.660 bits per heavy atom. The average molecular weight is 713 g/mol. The number of carbonyl (C=O) groups is 2. The maximum atomic E-state index is 12.2. The van der Waals surface area contributed by atoms with Crippen molar-refractivity contribution in [3.8, 4) is 22.5 Å². The molecular weight excluding hydrogens is 665 g/mol. The van der Waals surface area contributed by atoms with Gasteiger partial charge in [-0.3, -0.25) is 9.59 Å². The molecule has 6 aromatic rings. The number of benzene rings is 2. The van der Waals surface area contributed by atoms with E-state index in [-0.39, 0.29) is 22.9 Å². The minimum atomic E-state index is -0.107. The summed E-state index contributed by atoms with van der Waals surface area (Å²) in [4.78, 5) is 47.0. The fourth-order valence-electron chi connectivity index (χ4n) is 6.93. The van der Waals surface area contributed by atoms with Crippen LogP contribution in [0.25, 0.3) is 44.6 Å². The van der Waals surface area contributed by atoms with Gasteiger partial charge in [-0.2, -0.15) is 0 Å². The van der Waals surface area contributed by atoms with Crippen LogP contribution in [0.5, 0.6) is 0 Å². The Bertz CT molecular complexity index is 2410. The predicted octanol–water partition coefficient (Wildman–Crippen LogP) is 6.87. The molecule has 0 unspecified atom stereocenters. The summed E-state index contributed by atoms with van der Waals surface area (Å²) in [7, 11) is 2.02. The fourth-order valence-corrected chi connectivity index (χ4v) is 6.93. The highest BCUT2D eigenvalue weighted by Crippen LogP contribution is 2.33. The Hall–Kier alpha value is -5.78. The fraction of sp³-hybridized carbons (Fsp3) is 0.366. The van der Waals surface area contributed by atoms with Crippen LogP contribution in [0.15, 0.2) is 48.5 Å². The molecule has 53 heavy (non-hydrogen) atoms. The SMILES string of the molecule is Cc1nc2cccc(-c3cc4c([nH]3)CCNC4=O)c2nc1NC(C)(C)C.Cc1nc2cccc(-c3cc4c(n3C)CCNC4=O)c2nc1NC(C)(C)C. The average Bonchev–Trinajstić information content (AvgIpc) is 3.67. The highest BCUT2D eigenvalue weighted by molar-refractivity contribution is 6.01. The molecule has 0 radical (unpaired) electrons. The summed E-state index contributed by atoms with van der Waals surface area (Å²) in [5, 5.41) is 12.7. The maximum absolute atomic E-state index is 12.2. The number of aryl methyl sites for hydroxylation is 2. The van der Waals surface area contributed by atoms with Crippen molar-refractivity contribution in [3.63, 3.8) is 0 Å². The summed E-state index contributed by atoms with van der Waals surface area (Å²) in [6.07, 6.45) is 1.65. The van der Waals surface area contributed by atoms with Crippen molar-refractivity contribution in [1.29, 1.82) is 0 Å². The molecule has 2 aliphatic heterocycles. The van der Waals surface area contributed by atoms with Crippen LogP contribution in [0.1, 0.15) is 85.0 Å². The summed E-state index contributed by atoms with van der Waals surface area (Å²) < 4.78 is 2.11. The molecule has 0 saturated heterocycles. The number of nitrogens with zero attached hydrogens (tertiary/aromatic N) is 5. The smallest absolute Gasteiger partial charge is 0.253 e. The third-order valence-corrected chi connectivity index (χ3v) is 9.35. The molecule has 2 amide bonds. The van der Waals surface area contributed by atoms with Gasteiger partial charge < -0.3 is 30.8 Å². The number of fused-ring (bicyclic) bond motifs is 4. The van der Waals surface area contributed by atoms with Crippen LogP contribution in [-0.4, -0.2) is 65.5 Å². The lowest BCUT2D eigenvalue weighted by Crippen LogP contribution is -2.31. The van der Waals surface area contributed by atoms with Gasteiger partial charge >= 0.3 is 0 Å². The van der Waals surface area contributed by atoms with Gasteiger partial charge in [0.2, 0.25) is 0 Å². The number of para-hydroxylation sites is 2. The highest BCUT2D eigenvalue weighted by Gasteiger charge is 2.25. The molecule has 0 aliphatic carbocycles. The van der Waals surface area contributed by atoms with E-state index in [0.717, 1.165) is 103 Å². The van der Waals surface area contributed by atoms with Crippen LogP contribution in [-0.2, 0) is 19.9 Å². The van der Waals surface area contributed by atoms with Crippen molar-refractivity contribution in [2.75, 3.05) is 23.7 Å². The molecule has 0 atom stereocenters. The molecule has 0 fully saturated rings. The Morgan fingerprint density at radius 3 is 1.74 bits per heavy atom. The standard InChI is InChI=1S/C21H25N5O.C20H23N5O/c1-12-19(25-21(2,3)4)24-18-13(7-6-8-15(18)23-12)17-11-14-16(26(17)5)9-10-22-20(14)27;1-11-18(25-20(2,3)4)24-17-12(6-5-7-15(17)22-11)16-10-13-14(23-16)8-9-21-19(13)26/h6-8,11H,9-10H2,1-5H3,(H,22,27)(H,24,25);5-7,10,23H,8-9H2,1-4H3,(H,21,26)(H,24,25). The number of rotatable bonds is 4. The predicted molar refractivity (Wildman–Crippen MR) is 212 cm³/mol. The first kappa shape index (κ1) is 35.6. The zero-order valence-corrected chi connectivity index (χ0v) is 32.0. The first-order chi connectivity index (χ1) is 25.1. The minimum Gasteiger partial charge on any atom is -0.364 e. The number of aromatic nitrogens is 6. The monoisotopic (exact) mass is 712 g/mol. The number of nitrogens with one attached hydrogen (secondary N) is 5. The van der Waals surface area contributed by atoms with Crippen molar-refractivity contribution in [1.82, 2.24) is 40.1 Å². The number of carbonyl (C=O) groups excluding carboxylic acids is 2. The highest BCUT2D eigenvalue weighted by atomic mass is 16.2. The van der Waals surface area contributed by atoms with Crippen LogP contribution in [0, 0.1) is 13.8 Å². The van der Waals surface area contributed by atoms with E-state index in [1.54, 1.807) is 0 Å². The van der Waals surface area contributed by atoms with Crippen LogP contribution in [0.4, 0.5) is 11.6 Å². The van der Waals surface area contributed by atoms with Gasteiger partial charge in [0.05, 0.1) is 39.2 Å². The summed E-state index contributed by atoms with van der Waals surface area (Å²) in [6.45, 7) is 17.9. The van der Waals surface area contributed by atoms with Gasteiger partial charge in [-0.1, -0.05) is 24.3 Å². The quantitative estimate of drug-likeness (QED) is 0.133. The lowest BCUT2D eigenvalue weighted by molar-refractivity contribution is 0.0937. The molecule has 2 aliphatic rings. The minimum absolute atomic E-state index is 0.00430. The third-order valence-electron chi connectivity index (χ3n) is 9.35. The molecule has 4 aromatic heterocycles. The van der Waals surface area contributed by atoms with E-state index in [4.69, 9.17) is 19.9 Å². The summed E-state index contributed by atoms with van der Waals surface area (Å²) >= 11 is 0. The van der Waals surface area contributed by atoms with Crippen molar-refractivity contribution in [2.24, 2.45) is 7.05 Å². The molecular formula is C41H48N10O2. The molecule has 0 spiro atoms. The van der Waals surface area contributed by atoms with Gasteiger partial charge in [0.1, 0.15) is 22.7 Å². The van der Waals surface area contributed by atoms with E-state index in [1.165, 1.54) is 0 Å². The van der Waals surface area contributed by atoms with Gasteiger partial charge in [-0.15, -0.1) is 0 Å². The summed E-state index contributed by atoms with van der Waals surface area (Å²) in [6, 6.07) is 15.9. The largest absolute Gasteiger partial charge is 0.364 e.